The zero-order chi connectivity index (χ0) is 24.5. The predicted octanol–water partition coefficient (Wildman–Crippen LogP) is 3.69. The van der Waals surface area contributed by atoms with Gasteiger partial charge in [-0.25, -0.2) is 9.59 Å². The first-order valence-electron chi connectivity index (χ1n) is 11.6. The largest absolute Gasteiger partial charge is 0.480 e. The highest BCUT2D eigenvalue weighted by atomic mass is 16.5. The summed E-state index contributed by atoms with van der Waals surface area (Å²) in [6.45, 7) is 2.06. The zero-order valence-corrected chi connectivity index (χ0v) is 19.6. The van der Waals surface area contributed by atoms with Crippen molar-refractivity contribution in [2.45, 2.75) is 50.6 Å². The Labute approximate surface area is 199 Å². The van der Waals surface area contributed by atoms with Gasteiger partial charge in [-0.05, 0) is 28.7 Å². The van der Waals surface area contributed by atoms with Gasteiger partial charge in [-0.1, -0.05) is 68.3 Å². The Hall–Kier alpha value is -3.39. The molecular weight excluding hydrogens is 436 g/mol. The highest BCUT2D eigenvalue weighted by Crippen LogP contribution is 2.44. The number of amides is 2. The van der Waals surface area contributed by atoms with Crippen molar-refractivity contribution < 1.29 is 29.0 Å². The monoisotopic (exact) mass is 468 g/mol. The van der Waals surface area contributed by atoms with Gasteiger partial charge in [0.2, 0.25) is 5.91 Å². The molecule has 2 aromatic rings. The van der Waals surface area contributed by atoms with Crippen molar-refractivity contribution in [3.05, 3.63) is 59.7 Å². The molecule has 8 heteroatoms. The molecule has 0 saturated carbocycles. The van der Waals surface area contributed by atoms with E-state index in [9.17, 15) is 19.5 Å². The number of alkyl carbamates (subject to hydrolysis) is 1. The molecule has 0 heterocycles. The van der Waals surface area contributed by atoms with Crippen molar-refractivity contribution in [1.82, 2.24) is 10.6 Å². The average Bonchev–Trinajstić information content (AvgIpc) is 3.14. The lowest BCUT2D eigenvalue weighted by molar-refractivity contribution is -0.143. The Bertz CT molecular complexity index is 963. The number of carbonyl (C=O) groups is 3. The number of carboxylic acid groups (broad SMARTS) is 1. The van der Waals surface area contributed by atoms with Crippen LogP contribution in [0.3, 0.4) is 0 Å². The lowest BCUT2D eigenvalue weighted by Gasteiger charge is -2.21. The fourth-order valence-corrected chi connectivity index (χ4v) is 4.30. The normalized spacial score (nSPS) is 13.9. The van der Waals surface area contributed by atoms with Crippen molar-refractivity contribution in [2.24, 2.45) is 0 Å². The number of aliphatic carboxylic acids is 1. The summed E-state index contributed by atoms with van der Waals surface area (Å²) in [5.41, 5.74) is 4.54. The summed E-state index contributed by atoms with van der Waals surface area (Å²) in [5.74, 6) is -1.70. The number of hydrogen-bond acceptors (Lipinski definition) is 5. The first-order valence-corrected chi connectivity index (χ1v) is 11.6. The summed E-state index contributed by atoms with van der Waals surface area (Å²) in [7, 11) is 1.37. The van der Waals surface area contributed by atoms with Crippen LogP contribution < -0.4 is 10.6 Å². The molecule has 0 aliphatic heterocycles. The number of methoxy groups -OCH3 is 1. The number of fused-ring (bicyclic) bond motifs is 3. The maximum atomic E-state index is 12.6. The molecule has 0 spiro atoms. The smallest absolute Gasteiger partial charge is 0.407 e. The van der Waals surface area contributed by atoms with E-state index in [0.29, 0.717) is 6.42 Å². The van der Waals surface area contributed by atoms with Crippen LogP contribution in [0.2, 0.25) is 0 Å². The first-order chi connectivity index (χ1) is 16.4. The van der Waals surface area contributed by atoms with Gasteiger partial charge >= 0.3 is 12.1 Å². The molecule has 3 N–H and O–H groups in total. The fourth-order valence-electron chi connectivity index (χ4n) is 4.30. The standard InChI is InChI=1S/C26H32N2O6/c1-3-4-9-17(14-24(29)28-23(16-33-2)25(30)31)27-26(32)34-15-22-20-12-7-5-10-18(20)19-11-6-8-13-21(19)22/h5-8,10-13,17,22-23H,3-4,9,14-16H2,1-2H3,(H,27,32)(H,28,29)(H,30,31)/t17-,23+/m1/s1. The molecule has 1 aliphatic rings. The third-order valence-electron chi connectivity index (χ3n) is 5.97. The van der Waals surface area contributed by atoms with Gasteiger partial charge in [0.1, 0.15) is 6.61 Å². The van der Waals surface area contributed by atoms with Crippen LogP contribution in [0.4, 0.5) is 4.79 Å². The second-order valence-electron chi connectivity index (χ2n) is 8.43. The number of unbranched alkanes of at least 4 members (excludes halogenated alkanes) is 1. The number of nitrogens with one attached hydrogen (secondary N) is 2. The van der Waals surface area contributed by atoms with Crippen molar-refractivity contribution in [3.63, 3.8) is 0 Å². The van der Waals surface area contributed by atoms with Crippen LogP contribution in [0.15, 0.2) is 48.5 Å². The highest BCUT2D eigenvalue weighted by Gasteiger charge is 2.29. The Morgan fingerprint density at radius 1 is 1.00 bits per heavy atom. The molecule has 2 amide bonds. The van der Waals surface area contributed by atoms with Gasteiger partial charge < -0.3 is 25.2 Å². The lowest BCUT2D eigenvalue weighted by Crippen LogP contribution is -2.46. The van der Waals surface area contributed by atoms with Crippen molar-refractivity contribution >= 4 is 18.0 Å². The molecule has 0 aromatic heterocycles. The molecule has 0 radical (unpaired) electrons. The molecule has 34 heavy (non-hydrogen) atoms. The molecular formula is C26H32N2O6. The van der Waals surface area contributed by atoms with Gasteiger partial charge in [0.25, 0.3) is 0 Å². The molecule has 0 saturated heterocycles. The average molecular weight is 469 g/mol. The minimum absolute atomic E-state index is 0.0440. The Morgan fingerprint density at radius 2 is 1.62 bits per heavy atom. The second-order valence-corrected chi connectivity index (χ2v) is 8.43. The Balaban J connectivity index is 1.60. The van der Waals surface area contributed by atoms with Gasteiger partial charge in [0.05, 0.1) is 6.61 Å². The lowest BCUT2D eigenvalue weighted by atomic mass is 9.98. The van der Waals surface area contributed by atoms with Crippen LogP contribution in [0, 0.1) is 0 Å². The van der Waals surface area contributed by atoms with Crippen LogP contribution >= 0.6 is 0 Å². The maximum absolute atomic E-state index is 12.6. The quantitative estimate of drug-likeness (QED) is 0.438. The number of rotatable bonds is 12. The van der Waals surface area contributed by atoms with Crippen LogP contribution in [0.25, 0.3) is 11.1 Å². The van der Waals surface area contributed by atoms with Gasteiger partial charge in [-0.15, -0.1) is 0 Å². The summed E-state index contributed by atoms with van der Waals surface area (Å²) < 4.78 is 10.4. The van der Waals surface area contributed by atoms with Crippen LogP contribution in [0.5, 0.6) is 0 Å². The maximum Gasteiger partial charge on any atom is 0.407 e. The summed E-state index contributed by atoms with van der Waals surface area (Å²) in [6, 6.07) is 14.6. The summed E-state index contributed by atoms with van der Waals surface area (Å²) in [4.78, 5) is 36.3. The minimum atomic E-state index is -1.18. The molecule has 2 atom stereocenters. The van der Waals surface area contributed by atoms with Crippen molar-refractivity contribution in [2.75, 3.05) is 20.3 Å². The molecule has 182 valence electrons. The molecule has 3 rings (SSSR count). The fraction of sp³-hybridized carbons (Fsp3) is 0.423. The molecule has 1 aliphatic carbocycles. The topological polar surface area (TPSA) is 114 Å². The molecule has 0 bridgehead atoms. The van der Waals surface area contributed by atoms with E-state index >= 15 is 0 Å². The predicted molar refractivity (Wildman–Crippen MR) is 128 cm³/mol. The number of carbonyl (C=O) groups excluding carboxylic acids is 2. The summed E-state index contributed by atoms with van der Waals surface area (Å²) in [6.07, 6.45) is 1.64. The molecule has 0 unspecified atom stereocenters. The van der Waals surface area contributed by atoms with Crippen LogP contribution in [-0.2, 0) is 19.1 Å². The van der Waals surface area contributed by atoms with Gasteiger partial charge in [-0.3, -0.25) is 4.79 Å². The van der Waals surface area contributed by atoms with E-state index in [1.807, 2.05) is 31.2 Å². The number of carboxylic acids is 1. The summed E-state index contributed by atoms with van der Waals surface area (Å²) in [5, 5.41) is 14.4. The Kier molecular flexibility index (Phi) is 9.04. The van der Waals surface area contributed by atoms with E-state index < -0.39 is 30.1 Å². The molecule has 2 aromatic carbocycles. The van der Waals surface area contributed by atoms with Gasteiger partial charge in [0, 0.05) is 25.5 Å². The van der Waals surface area contributed by atoms with Crippen LogP contribution in [0.1, 0.15) is 49.7 Å². The first kappa shape index (κ1) is 25.2. The Morgan fingerprint density at radius 3 is 2.18 bits per heavy atom. The van der Waals surface area contributed by atoms with E-state index in [2.05, 4.69) is 34.9 Å². The second kappa shape index (κ2) is 12.2. The highest BCUT2D eigenvalue weighted by molar-refractivity contribution is 5.84. The van der Waals surface area contributed by atoms with E-state index in [4.69, 9.17) is 9.47 Å². The minimum Gasteiger partial charge on any atom is -0.480 e. The third-order valence-corrected chi connectivity index (χ3v) is 5.97. The SMILES string of the molecule is CCCC[C@H](CC(=O)N[C@@H](COC)C(=O)O)NC(=O)OCC1c2ccccc2-c2ccccc21. The van der Waals surface area contributed by atoms with Gasteiger partial charge in [-0.2, -0.15) is 0 Å². The van der Waals surface area contributed by atoms with E-state index in [-0.39, 0.29) is 25.6 Å². The van der Waals surface area contributed by atoms with E-state index in [1.165, 1.54) is 7.11 Å². The third kappa shape index (κ3) is 6.35. The van der Waals surface area contributed by atoms with Crippen LogP contribution in [-0.4, -0.2) is 55.5 Å². The summed E-state index contributed by atoms with van der Waals surface area (Å²) >= 11 is 0. The van der Waals surface area contributed by atoms with Crippen molar-refractivity contribution in [3.8, 4) is 11.1 Å². The number of hydrogen-bond donors (Lipinski definition) is 3. The van der Waals surface area contributed by atoms with Crippen molar-refractivity contribution in [1.29, 1.82) is 0 Å². The van der Waals surface area contributed by atoms with E-state index in [1.54, 1.807) is 0 Å². The van der Waals surface area contributed by atoms with E-state index in [0.717, 1.165) is 35.1 Å². The van der Waals surface area contributed by atoms with Gasteiger partial charge in [0.15, 0.2) is 6.04 Å². The molecule has 8 nitrogen and oxygen atoms in total. The zero-order valence-electron chi connectivity index (χ0n) is 19.6. The number of ether oxygens (including phenoxy) is 2. The molecule has 0 fully saturated rings. The number of benzene rings is 2.